The van der Waals surface area contributed by atoms with Gasteiger partial charge in [-0.15, -0.1) is 0 Å². The number of aromatic nitrogens is 1. The first-order valence-electron chi connectivity index (χ1n) is 15.8. The highest BCUT2D eigenvalue weighted by Gasteiger charge is 2.24. The van der Waals surface area contributed by atoms with Crippen LogP contribution in [0, 0.1) is 0 Å². The molecule has 1 aromatic carbocycles. The van der Waals surface area contributed by atoms with Crippen LogP contribution in [-0.4, -0.2) is 52.4 Å². The van der Waals surface area contributed by atoms with Crippen molar-refractivity contribution in [3.05, 3.63) is 53.9 Å². The standard InChI is InChI=1S/C34H55N3O3/c1-6-9-11-12-13-14-15-22-33(38)36(23-16-10-7-2)28-34(39)37(29(4)8-3)27-31-20-18-24-35(31)26-30-19-17-21-32(25-30)40-5/h17-21,24-25,29H,6-16,22-23,26-28H2,1-5H3. The van der Waals surface area contributed by atoms with Crippen LogP contribution in [0.25, 0.3) is 0 Å². The molecule has 0 fully saturated rings. The molecule has 2 aromatic rings. The molecule has 0 saturated heterocycles. The molecule has 2 amide bonds. The fourth-order valence-corrected chi connectivity index (χ4v) is 5.09. The van der Waals surface area contributed by atoms with E-state index in [1.807, 2.05) is 34.1 Å². The van der Waals surface area contributed by atoms with E-state index in [0.29, 0.717) is 26.1 Å². The van der Waals surface area contributed by atoms with Gasteiger partial charge in [0.2, 0.25) is 11.8 Å². The Bertz CT molecular complexity index is 986. The van der Waals surface area contributed by atoms with Crippen molar-refractivity contribution in [2.75, 3.05) is 20.2 Å². The molecular weight excluding hydrogens is 498 g/mol. The zero-order chi connectivity index (χ0) is 29.2. The van der Waals surface area contributed by atoms with Gasteiger partial charge in [-0.1, -0.05) is 84.3 Å². The Morgan fingerprint density at radius 1 is 0.875 bits per heavy atom. The molecule has 0 radical (unpaired) electrons. The summed E-state index contributed by atoms with van der Waals surface area (Å²) >= 11 is 0. The summed E-state index contributed by atoms with van der Waals surface area (Å²) in [6.07, 6.45) is 14.9. The molecule has 1 atom stereocenters. The third-order valence-electron chi connectivity index (χ3n) is 7.89. The van der Waals surface area contributed by atoms with Gasteiger partial charge in [-0.25, -0.2) is 0 Å². The Kier molecular flexibility index (Phi) is 16.2. The Labute approximate surface area is 244 Å². The van der Waals surface area contributed by atoms with Crippen molar-refractivity contribution in [3.8, 4) is 5.75 Å². The molecule has 0 spiro atoms. The number of amides is 2. The van der Waals surface area contributed by atoms with Crippen LogP contribution in [0.5, 0.6) is 5.75 Å². The van der Waals surface area contributed by atoms with Crippen molar-refractivity contribution in [2.24, 2.45) is 0 Å². The summed E-state index contributed by atoms with van der Waals surface area (Å²) in [7, 11) is 1.68. The van der Waals surface area contributed by atoms with E-state index in [2.05, 4.69) is 50.6 Å². The van der Waals surface area contributed by atoms with Crippen molar-refractivity contribution in [2.45, 2.75) is 124 Å². The topological polar surface area (TPSA) is 54.8 Å². The van der Waals surface area contributed by atoms with E-state index in [-0.39, 0.29) is 24.4 Å². The largest absolute Gasteiger partial charge is 0.497 e. The zero-order valence-corrected chi connectivity index (χ0v) is 26.0. The number of rotatable bonds is 21. The minimum Gasteiger partial charge on any atom is -0.497 e. The lowest BCUT2D eigenvalue weighted by Gasteiger charge is -2.32. The molecule has 0 N–H and O–H groups in total. The van der Waals surface area contributed by atoms with Crippen molar-refractivity contribution in [1.29, 1.82) is 0 Å². The molecule has 0 bridgehead atoms. The van der Waals surface area contributed by atoms with Crippen LogP contribution < -0.4 is 4.74 Å². The molecule has 0 saturated carbocycles. The zero-order valence-electron chi connectivity index (χ0n) is 26.0. The van der Waals surface area contributed by atoms with Gasteiger partial charge in [0.25, 0.3) is 0 Å². The average Bonchev–Trinajstić information content (AvgIpc) is 3.40. The smallest absolute Gasteiger partial charge is 0.242 e. The monoisotopic (exact) mass is 553 g/mol. The SMILES string of the molecule is CCCCCCCCCC(=O)N(CCCCC)CC(=O)N(Cc1cccn1Cc1cccc(OC)c1)C(C)CC. The Hall–Kier alpha value is -2.76. The molecule has 1 heterocycles. The predicted octanol–water partition coefficient (Wildman–Crippen LogP) is 7.83. The number of benzene rings is 1. The van der Waals surface area contributed by atoms with Gasteiger partial charge >= 0.3 is 0 Å². The van der Waals surface area contributed by atoms with Crippen LogP contribution in [-0.2, 0) is 22.7 Å². The van der Waals surface area contributed by atoms with E-state index in [1.165, 1.54) is 32.1 Å². The molecule has 0 aliphatic heterocycles. The summed E-state index contributed by atoms with van der Waals surface area (Å²) in [6, 6.07) is 12.3. The summed E-state index contributed by atoms with van der Waals surface area (Å²) in [4.78, 5) is 30.8. The van der Waals surface area contributed by atoms with Crippen LogP contribution in [0.15, 0.2) is 42.6 Å². The van der Waals surface area contributed by atoms with Gasteiger partial charge in [-0.05, 0) is 56.0 Å². The fraction of sp³-hybridized carbons (Fsp3) is 0.647. The normalized spacial score (nSPS) is 11.8. The first-order valence-corrected chi connectivity index (χ1v) is 15.8. The van der Waals surface area contributed by atoms with E-state index >= 15 is 0 Å². The number of ether oxygens (including phenoxy) is 1. The highest BCUT2D eigenvalue weighted by atomic mass is 16.5. The molecule has 0 aliphatic carbocycles. The average molecular weight is 554 g/mol. The van der Waals surface area contributed by atoms with Gasteiger partial charge < -0.3 is 19.1 Å². The Morgan fingerprint density at radius 2 is 1.57 bits per heavy atom. The quantitative estimate of drug-likeness (QED) is 0.148. The second kappa shape index (κ2) is 19.3. The summed E-state index contributed by atoms with van der Waals surface area (Å²) < 4.78 is 7.59. The van der Waals surface area contributed by atoms with Gasteiger partial charge in [0.15, 0.2) is 0 Å². The summed E-state index contributed by atoms with van der Waals surface area (Å²) in [5, 5.41) is 0. The minimum absolute atomic E-state index is 0.0351. The van der Waals surface area contributed by atoms with Crippen LogP contribution in [0.4, 0.5) is 0 Å². The molecule has 1 unspecified atom stereocenters. The lowest BCUT2D eigenvalue weighted by atomic mass is 10.1. The summed E-state index contributed by atoms with van der Waals surface area (Å²) in [5.74, 6) is 1.00. The highest BCUT2D eigenvalue weighted by molar-refractivity contribution is 5.85. The number of carbonyl (C=O) groups excluding carboxylic acids is 2. The second-order valence-corrected chi connectivity index (χ2v) is 11.2. The first kappa shape index (κ1) is 33.4. The van der Waals surface area contributed by atoms with Crippen LogP contribution in [0.2, 0.25) is 0 Å². The summed E-state index contributed by atoms with van der Waals surface area (Å²) in [6.45, 7) is 10.7. The van der Waals surface area contributed by atoms with E-state index in [0.717, 1.165) is 55.5 Å². The van der Waals surface area contributed by atoms with Gasteiger partial charge in [-0.2, -0.15) is 0 Å². The Balaban J connectivity index is 2.06. The Morgan fingerprint density at radius 3 is 2.27 bits per heavy atom. The lowest BCUT2D eigenvalue weighted by Crippen LogP contribution is -2.46. The van der Waals surface area contributed by atoms with E-state index in [1.54, 1.807) is 7.11 Å². The molecule has 1 aromatic heterocycles. The first-order chi connectivity index (χ1) is 19.4. The van der Waals surface area contributed by atoms with Crippen LogP contribution in [0.3, 0.4) is 0 Å². The second-order valence-electron chi connectivity index (χ2n) is 11.2. The lowest BCUT2D eigenvalue weighted by molar-refractivity contribution is -0.142. The third kappa shape index (κ3) is 11.8. The van der Waals surface area contributed by atoms with Gasteiger partial charge in [0.05, 0.1) is 20.2 Å². The van der Waals surface area contributed by atoms with E-state index in [4.69, 9.17) is 4.74 Å². The molecule has 224 valence electrons. The fourth-order valence-electron chi connectivity index (χ4n) is 5.09. The predicted molar refractivity (Wildman–Crippen MR) is 166 cm³/mol. The highest BCUT2D eigenvalue weighted by Crippen LogP contribution is 2.18. The molecule has 6 nitrogen and oxygen atoms in total. The van der Waals surface area contributed by atoms with Crippen molar-refractivity contribution >= 4 is 11.8 Å². The minimum atomic E-state index is 0.0351. The third-order valence-corrected chi connectivity index (χ3v) is 7.89. The molecular formula is C34H55N3O3. The number of hydrogen-bond acceptors (Lipinski definition) is 3. The van der Waals surface area contributed by atoms with Gasteiger partial charge in [0, 0.05) is 37.4 Å². The maximum absolute atomic E-state index is 13.8. The molecule has 0 aliphatic rings. The van der Waals surface area contributed by atoms with Crippen molar-refractivity contribution in [3.63, 3.8) is 0 Å². The van der Waals surface area contributed by atoms with Crippen molar-refractivity contribution in [1.82, 2.24) is 14.4 Å². The van der Waals surface area contributed by atoms with Crippen molar-refractivity contribution < 1.29 is 14.3 Å². The van der Waals surface area contributed by atoms with Gasteiger partial charge in [0.1, 0.15) is 5.75 Å². The summed E-state index contributed by atoms with van der Waals surface area (Å²) in [5.41, 5.74) is 2.24. The van der Waals surface area contributed by atoms with Crippen LogP contribution in [0.1, 0.15) is 116 Å². The van der Waals surface area contributed by atoms with Gasteiger partial charge in [-0.3, -0.25) is 9.59 Å². The maximum Gasteiger partial charge on any atom is 0.242 e. The number of methoxy groups -OCH3 is 1. The molecule has 6 heteroatoms. The number of nitrogens with zero attached hydrogens (tertiary/aromatic N) is 3. The number of carbonyl (C=O) groups is 2. The molecule has 40 heavy (non-hydrogen) atoms. The molecule has 2 rings (SSSR count). The number of unbranched alkanes of at least 4 members (excludes halogenated alkanes) is 8. The number of hydrogen-bond donors (Lipinski definition) is 0. The maximum atomic E-state index is 13.8. The van der Waals surface area contributed by atoms with Crippen LogP contribution >= 0.6 is 0 Å². The van der Waals surface area contributed by atoms with E-state index < -0.39 is 0 Å². The van der Waals surface area contributed by atoms with E-state index in [9.17, 15) is 9.59 Å².